The maximum absolute atomic E-state index is 12.2. The van der Waals surface area contributed by atoms with Crippen LogP contribution in [0.3, 0.4) is 0 Å². The molecule has 0 spiro atoms. The Balaban J connectivity index is 2.06. The van der Waals surface area contributed by atoms with Crippen molar-refractivity contribution in [3.63, 3.8) is 0 Å². The number of benzene rings is 2. The van der Waals surface area contributed by atoms with E-state index in [1.807, 2.05) is 0 Å². The number of nitriles is 1. The van der Waals surface area contributed by atoms with Crippen LogP contribution in [0.25, 0.3) is 0 Å². The summed E-state index contributed by atoms with van der Waals surface area (Å²) in [7, 11) is 0. The fourth-order valence-corrected chi connectivity index (χ4v) is 2.43. The normalized spacial score (nSPS) is 10.7. The van der Waals surface area contributed by atoms with Crippen molar-refractivity contribution in [2.75, 3.05) is 10.6 Å². The lowest BCUT2D eigenvalue weighted by molar-refractivity contribution is -0.136. The summed E-state index contributed by atoms with van der Waals surface area (Å²) in [5, 5.41) is 23.9. The maximum Gasteiger partial charge on any atom is 0.307 e. The Morgan fingerprint density at radius 2 is 1.85 bits per heavy atom. The van der Waals surface area contributed by atoms with Gasteiger partial charge in [-0.05, 0) is 35.9 Å². The van der Waals surface area contributed by atoms with E-state index in [0.717, 1.165) is 0 Å². The van der Waals surface area contributed by atoms with Gasteiger partial charge in [0.1, 0.15) is 11.6 Å². The molecule has 0 heterocycles. The molecule has 26 heavy (non-hydrogen) atoms. The van der Waals surface area contributed by atoms with Gasteiger partial charge in [-0.1, -0.05) is 35.3 Å². The van der Waals surface area contributed by atoms with Crippen LogP contribution in [-0.2, 0) is 16.0 Å². The molecule has 0 aromatic heterocycles. The smallest absolute Gasteiger partial charge is 0.307 e. The number of carbonyl (C=O) groups excluding carboxylic acids is 1. The Labute approximate surface area is 159 Å². The molecular weight excluding hydrogens is 377 g/mol. The molecule has 0 saturated heterocycles. The summed E-state index contributed by atoms with van der Waals surface area (Å²) in [4.78, 5) is 22.8. The quantitative estimate of drug-likeness (QED) is 0.510. The average molecular weight is 390 g/mol. The fraction of sp³-hybridized carbons (Fsp3) is 0.0556. The van der Waals surface area contributed by atoms with E-state index in [1.165, 1.54) is 18.3 Å². The minimum atomic E-state index is -0.921. The second-order valence-electron chi connectivity index (χ2n) is 5.16. The minimum Gasteiger partial charge on any atom is -0.481 e. The number of carboxylic acid groups (broad SMARTS) is 1. The van der Waals surface area contributed by atoms with E-state index in [2.05, 4.69) is 10.6 Å². The van der Waals surface area contributed by atoms with E-state index in [0.29, 0.717) is 22.0 Å². The van der Waals surface area contributed by atoms with Gasteiger partial charge in [0, 0.05) is 16.9 Å². The van der Waals surface area contributed by atoms with E-state index in [1.54, 1.807) is 36.4 Å². The molecular formula is C18H13Cl2N3O3. The topological polar surface area (TPSA) is 102 Å². The molecule has 0 atom stereocenters. The Bertz CT molecular complexity index is 903. The predicted octanol–water partition coefficient (Wildman–Crippen LogP) is 4.08. The zero-order chi connectivity index (χ0) is 19.1. The van der Waals surface area contributed by atoms with Gasteiger partial charge in [0.2, 0.25) is 0 Å². The number of rotatable bonds is 6. The van der Waals surface area contributed by atoms with Crippen LogP contribution in [0.15, 0.2) is 54.2 Å². The van der Waals surface area contributed by atoms with Gasteiger partial charge >= 0.3 is 5.97 Å². The number of carbonyl (C=O) groups is 2. The summed E-state index contributed by atoms with van der Waals surface area (Å²) in [6, 6.07) is 13.0. The van der Waals surface area contributed by atoms with Gasteiger partial charge in [-0.3, -0.25) is 9.59 Å². The summed E-state index contributed by atoms with van der Waals surface area (Å²) < 4.78 is 0. The minimum absolute atomic E-state index is 0.0795. The summed E-state index contributed by atoms with van der Waals surface area (Å²) in [5.74, 6) is -1.55. The van der Waals surface area contributed by atoms with Crippen molar-refractivity contribution in [3.8, 4) is 6.07 Å². The van der Waals surface area contributed by atoms with Crippen molar-refractivity contribution in [1.29, 1.82) is 5.26 Å². The van der Waals surface area contributed by atoms with Crippen molar-refractivity contribution in [2.45, 2.75) is 6.42 Å². The van der Waals surface area contributed by atoms with Gasteiger partial charge in [0.15, 0.2) is 0 Å². The number of aliphatic carboxylic acids is 1. The number of hydrogen-bond donors (Lipinski definition) is 3. The third-order valence-corrected chi connectivity index (χ3v) is 3.78. The number of amides is 1. The molecule has 8 heteroatoms. The van der Waals surface area contributed by atoms with Crippen molar-refractivity contribution in [1.82, 2.24) is 0 Å². The standard InChI is InChI=1S/C18H13Cl2N3O3/c19-13-3-6-16(15(20)8-13)23-18(26)12(9-21)10-22-14-4-1-11(2-5-14)7-17(24)25/h1-6,8,10,22H,7H2,(H,23,26)(H,24,25)/b12-10-. The molecule has 0 aliphatic heterocycles. The summed E-state index contributed by atoms with van der Waals surface area (Å²) in [5.41, 5.74) is 1.41. The van der Waals surface area contributed by atoms with E-state index in [9.17, 15) is 14.9 Å². The van der Waals surface area contributed by atoms with Crippen LogP contribution in [0.5, 0.6) is 0 Å². The summed E-state index contributed by atoms with van der Waals surface area (Å²) >= 11 is 11.8. The number of anilines is 2. The first kappa shape index (κ1) is 19.3. The molecule has 2 aromatic carbocycles. The van der Waals surface area contributed by atoms with Crippen LogP contribution in [0, 0.1) is 11.3 Å². The van der Waals surface area contributed by atoms with Crippen LogP contribution in [-0.4, -0.2) is 17.0 Å². The molecule has 3 N–H and O–H groups in total. The monoisotopic (exact) mass is 389 g/mol. The van der Waals surface area contributed by atoms with Gasteiger partial charge in [-0.15, -0.1) is 0 Å². The molecule has 0 fully saturated rings. The number of nitrogens with one attached hydrogen (secondary N) is 2. The fourth-order valence-electron chi connectivity index (χ4n) is 1.98. The van der Waals surface area contributed by atoms with Crippen LogP contribution >= 0.6 is 23.2 Å². The molecule has 0 aliphatic carbocycles. The van der Waals surface area contributed by atoms with Crippen molar-refractivity contribution >= 4 is 46.5 Å². The molecule has 6 nitrogen and oxygen atoms in total. The Kier molecular flexibility index (Phi) is 6.61. The van der Waals surface area contributed by atoms with Gasteiger partial charge < -0.3 is 15.7 Å². The van der Waals surface area contributed by atoms with Crippen molar-refractivity contribution < 1.29 is 14.7 Å². The van der Waals surface area contributed by atoms with Gasteiger partial charge in [0.05, 0.1) is 17.1 Å². The first-order valence-corrected chi connectivity index (χ1v) is 8.08. The summed E-state index contributed by atoms with van der Waals surface area (Å²) in [6.45, 7) is 0. The molecule has 2 aromatic rings. The second kappa shape index (κ2) is 8.90. The molecule has 0 radical (unpaired) electrons. The number of hydrogen-bond acceptors (Lipinski definition) is 4. The maximum atomic E-state index is 12.2. The highest BCUT2D eigenvalue weighted by molar-refractivity contribution is 6.36. The molecule has 132 valence electrons. The van der Waals surface area contributed by atoms with E-state index >= 15 is 0 Å². The molecule has 1 amide bonds. The molecule has 0 saturated carbocycles. The lowest BCUT2D eigenvalue weighted by Crippen LogP contribution is -2.14. The largest absolute Gasteiger partial charge is 0.481 e. The number of carboxylic acids is 1. The zero-order valence-electron chi connectivity index (χ0n) is 13.3. The highest BCUT2D eigenvalue weighted by Gasteiger charge is 2.11. The zero-order valence-corrected chi connectivity index (χ0v) is 14.8. The third-order valence-electron chi connectivity index (χ3n) is 3.24. The molecule has 0 unspecified atom stereocenters. The second-order valence-corrected chi connectivity index (χ2v) is 6.00. The number of nitrogens with zero attached hydrogens (tertiary/aromatic N) is 1. The van der Waals surface area contributed by atoms with E-state index < -0.39 is 11.9 Å². The van der Waals surface area contributed by atoms with Gasteiger partial charge in [-0.25, -0.2) is 0 Å². The predicted molar refractivity (Wildman–Crippen MR) is 100 cm³/mol. The highest BCUT2D eigenvalue weighted by atomic mass is 35.5. The highest BCUT2D eigenvalue weighted by Crippen LogP contribution is 2.25. The van der Waals surface area contributed by atoms with Crippen molar-refractivity contribution in [2.24, 2.45) is 0 Å². The SMILES string of the molecule is N#C/C(=C/Nc1ccc(CC(=O)O)cc1)C(=O)Nc1ccc(Cl)cc1Cl. The van der Waals surface area contributed by atoms with E-state index in [4.69, 9.17) is 28.3 Å². The van der Waals surface area contributed by atoms with Crippen molar-refractivity contribution in [3.05, 3.63) is 69.8 Å². The van der Waals surface area contributed by atoms with Gasteiger partial charge in [-0.2, -0.15) is 5.26 Å². The Morgan fingerprint density at radius 1 is 1.15 bits per heavy atom. The summed E-state index contributed by atoms with van der Waals surface area (Å²) in [6.07, 6.45) is 1.18. The van der Waals surface area contributed by atoms with Crippen LogP contribution in [0.1, 0.15) is 5.56 Å². The lowest BCUT2D eigenvalue weighted by Gasteiger charge is -2.07. The molecule has 0 aliphatic rings. The first-order valence-electron chi connectivity index (χ1n) is 7.33. The van der Waals surface area contributed by atoms with Crippen LogP contribution < -0.4 is 10.6 Å². The van der Waals surface area contributed by atoms with E-state index in [-0.39, 0.29) is 17.0 Å². The lowest BCUT2D eigenvalue weighted by atomic mass is 10.1. The van der Waals surface area contributed by atoms with Gasteiger partial charge in [0.25, 0.3) is 5.91 Å². The Hall–Kier alpha value is -3.01. The first-order chi connectivity index (χ1) is 12.4. The Morgan fingerprint density at radius 3 is 2.42 bits per heavy atom. The molecule has 2 rings (SSSR count). The van der Waals surface area contributed by atoms with Crippen LogP contribution in [0.4, 0.5) is 11.4 Å². The molecule has 0 bridgehead atoms. The average Bonchev–Trinajstić information content (AvgIpc) is 2.59. The number of halogens is 2. The van der Waals surface area contributed by atoms with Crippen LogP contribution in [0.2, 0.25) is 10.0 Å². The third kappa shape index (κ3) is 5.52.